The van der Waals surface area contributed by atoms with Gasteiger partial charge in [-0.3, -0.25) is 9.59 Å². The Morgan fingerprint density at radius 1 is 0.524 bits per heavy atom. The summed E-state index contributed by atoms with van der Waals surface area (Å²) in [4.78, 5) is 25.1. The maximum Gasteiger partial charge on any atom is 0.248 e. The Kier molecular flexibility index (Phi) is 9.99. The van der Waals surface area contributed by atoms with Crippen LogP contribution in [0.4, 0.5) is 11.4 Å². The van der Waals surface area contributed by atoms with Crippen molar-refractivity contribution in [2.75, 3.05) is 39.1 Å². The van der Waals surface area contributed by atoms with Gasteiger partial charge in [0.1, 0.15) is 23.0 Å². The third-order valence-corrected chi connectivity index (χ3v) is 6.34. The van der Waals surface area contributed by atoms with E-state index in [1.165, 1.54) is 12.2 Å². The van der Waals surface area contributed by atoms with Gasteiger partial charge in [-0.25, -0.2) is 0 Å². The van der Waals surface area contributed by atoms with Crippen molar-refractivity contribution in [3.8, 4) is 34.1 Å². The zero-order chi connectivity index (χ0) is 29.9. The summed E-state index contributed by atoms with van der Waals surface area (Å²) in [6, 6.07) is 25.7. The molecule has 0 spiro atoms. The number of anilines is 2. The van der Waals surface area contributed by atoms with Gasteiger partial charge < -0.3 is 29.6 Å². The normalized spacial score (nSPS) is 10.9. The summed E-state index contributed by atoms with van der Waals surface area (Å²) in [6.07, 6.45) is 6.35. The molecule has 0 saturated heterocycles. The number of rotatable bonds is 11. The molecule has 0 radical (unpaired) electrons. The van der Waals surface area contributed by atoms with Gasteiger partial charge in [0, 0.05) is 12.2 Å². The Hall–Kier alpha value is -5.50. The van der Waals surface area contributed by atoms with Gasteiger partial charge in [-0.1, -0.05) is 36.4 Å². The average molecular weight is 565 g/mol. The quantitative estimate of drug-likeness (QED) is 0.197. The highest BCUT2D eigenvalue weighted by atomic mass is 16.5. The monoisotopic (exact) mass is 564 g/mol. The van der Waals surface area contributed by atoms with Crippen LogP contribution in [0.25, 0.3) is 23.3 Å². The molecule has 0 heterocycles. The zero-order valence-corrected chi connectivity index (χ0v) is 23.8. The predicted octanol–water partition coefficient (Wildman–Crippen LogP) is 6.69. The van der Waals surface area contributed by atoms with Crippen LogP contribution in [0, 0.1) is 0 Å². The Morgan fingerprint density at radius 3 is 1.24 bits per heavy atom. The van der Waals surface area contributed by atoms with Crippen molar-refractivity contribution >= 4 is 35.3 Å². The van der Waals surface area contributed by atoms with Gasteiger partial charge in [-0.15, -0.1) is 0 Å². The molecule has 0 aromatic heterocycles. The van der Waals surface area contributed by atoms with Crippen molar-refractivity contribution in [1.29, 1.82) is 0 Å². The third kappa shape index (κ3) is 7.79. The summed E-state index contributed by atoms with van der Waals surface area (Å²) in [6.45, 7) is 0. The van der Waals surface area contributed by atoms with Crippen molar-refractivity contribution in [3.63, 3.8) is 0 Å². The third-order valence-electron chi connectivity index (χ3n) is 6.34. The zero-order valence-electron chi connectivity index (χ0n) is 23.8. The highest BCUT2D eigenvalue weighted by molar-refractivity contribution is 6.04. The van der Waals surface area contributed by atoms with Crippen LogP contribution in [-0.4, -0.2) is 40.3 Å². The first kappa shape index (κ1) is 29.5. The van der Waals surface area contributed by atoms with Gasteiger partial charge in [0.2, 0.25) is 11.8 Å². The van der Waals surface area contributed by atoms with Crippen LogP contribution >= 0.6 is 0 Å². The number of hydrogen-bond acceptors (Lipinski definition) is 6. The number of ether oxygens (including phenoxy) is 4. The minimum Gasteiger partial charge on any atom is -0.497 e. The van der Waals surface area contributed by atoms with Crippen molar-refractivity contribution in [1.82, 2.24) is 0 Å². The lowest BCUT2D eigenvalue weighted by Gasteiger charge is -2.14. The molecule has 0 aliphatic heterocycles. The van der Waals surface area contributed by atoms with Crippen molar-refractivity contribution < 1.29 is 28.5 Å². The highest BCUT2D eigenvalue weighted by Crippen LogP contribution is 2.35. The molecule has 0 aliphatic rings. The van der Waals surface area contributed by atoms with Gasteiger partial charge in [-0.05, 0) is 82.9 Å². The molecular weight excluding hydrogens is 532 g/mol. The van der Waals surface area contributed by atoms with E-state index in [1.807, 2.05) is 72.8 Å². The van der Waals surface area contributed by atoms with E-state index < -0.39 is 0 Å². The topological polar surface area (TPSA) is 95.1 Å². The summed E-state index contributed by atoms with van der Waals surface area (Å²) in [5.74, 6) is 1.91. The van der Waals surface area contributed by atoms with Crippen LogP contribution in [0.5, 0.6) is 23.0 Å². The fraction of sp³-hybridized carbons (Fsp3) is 0.118. The van der Waals surface area contributed by atoms with E-state index in [4.69, 9.17) is 18.9 Å². The summed E-state index contributed by atoms with van der Waals surface area (Å²) in [5, 5.41) is 5.71. The van der Waals surface area contributed by atoms with Crippen LogP contribution < -0.4 is 29.6 Å². The van der Waals surface area contributed by atoms with Gasteiger partial charge in [-0.2, -0.15) is 0 Å². The molecule has 0 fully saturated rings. The molecule has 42 heavy (non-hydrogen) atoms. The van der Waals surface area contributed by atoms with E-state index in [0.29, 0.717) is 22.9 Å². The SMILES string of the molecule is COc1ccc(C=CC(=O)Nc2ccc(-c3ccc(NC(=O)C=Cc4ccc(OC)cc4)c(OC)c3)cc2OC)cc1. The van der Waals surface area contributed by atoms with Gasteiger partial charge in [0.25, 0.3) is 0 Å². The Balaban J connectivity index is 1.44. The number of benzene rings is 4. The fourth-order valence-corrected chi connectivity index (χ4v) is 4.07. The number of nitrogens with one attached hydrogen (secondary N) is 2. The molecule has 0 bridgehead atoms. The molecule has 2 amide bonds. The summed E-state index contributed by atoms with van der Waals surface area (Å²) in [7, 11) is 6.29. The predicted molar refractivity (Wildman–Crippen MR) is 166 cm³/mol. The summed E-state index contributed by atoms with van der Waals surface area (Å²) >= 11 is 0. The lowest BCUT2D eigenvalue weighted by Crippen LogP contribution is -2.09. The molecule has 4 rings (SSSR count). The van der Waals surface area contributed by atoms with Gasteiger partial charge in [0.15, 0.2) is 0 Å². The first-order valence-corrected chi connectivity index (χ1v) is 13.0. The molecule has 4 aromatic carbocycles. The highest BCUT2D eigenvalue weighted by Gasteiger charge is 2.12. The number of amides is 2. The molecule has 0 atom stereocenters. The molecule has 8 nitrogen and oxygen atoms in total. The second-order valence-corrected chi connectivity index (χ2v) is 9.02. The van der Waals surface area contributed by atoms with E-state index in [1.54, 1.807) is 52.7 Å². The van der Waals surface area contributed by atoms with Crippen LogP contribution in [-0.2, 0) is 9.59 Å². The molecule has 8 heteroatoms. The molecule has 4 aromatic rings. The lowest BCUT2D eigenvalue weighted by molar-refractivity contribution is -0.112. The maximum atomic E-state index is 12.6. The molecule has 0 unspecified atom stereocenters. The molecular formula is C34H32N2O6. The minimum absolute atomic E-state index is 0.292. The number of carbonyl (C=O) groups excluding carboxylic acids is 2. The minimum atomic E-state index is -0.292. The van der Waals surface area contributed by atoms with Crippen LogP contribution in [0.1, 0.15) is 11.1 Å². The van der Waals surface area contributed by atoms with Crippen molar-refractivity contribution in [3.05, 3.63) is 108 Å². The molecule has 214 valence electrons. The maximum absolute atomic E-state index is 12.6. The number of hydrogen-bond donors (Lipinski definition) is 2. The van der Waals surface area contributed by atoms with Crippen LogP contribution in [0.3, 0.4) is 0 Å². The fourth-order valence-electron chi connectivity index (χ4n) is 4.07. The van der Waals surface area contributed by atoms with Gasteiger partial charge >= 0.3 is 0 Å². The second kappa shape index (κ2) is 14.2. The Morgan fingerprint density at radius 2 is 0.905 bits per heavy atom. The van der Waals surface area contributed by atoms with E-state index >= 15 is 0 Å². The van der Waals surface area contributed by atoms with E-state index in [-0.39, 0.29) is 11.8 Å². The Bertz CT molecular complexity index is 1470. The molecule has 0 saturated carbocycles. The lowest BCUT2D eigenvalue weighted by atomic mass is 10.0. The van der Waals surface area contributed by atoms with Crippen LogP contribution in [0.2, 0.25) is 0 Å². The number of methoxy groups -OCH3 is 4. The van der Waals surface area contributed by atoms with Crippen molar-refractivity contribution in [2.24, 2.45) is 0 Å². The van der Waals surface area contributed by atoms with E-state index in [9.17, 15) is 9.59 Å². The first-order valence-electron chi connectivity index (χ1n) is 13.0. The second-order valence-electron chi connectivity index (χ2n) is 9.02. The molecule has 2 N–H and O–H groups in total. The van der Waals surface area contributed by atoms with Crippen LogP contribution in [0.15, 0.2) is 97.1 Å². The van der Waals surface area contributed by atoms with Crippen molar-refractivity contribution in [2.45, 2.75) is 0 Å². The smallest absolute Gasteiger partial charge is 0.248 e. The first-order chi connectivity index (χ1) is 20.4. The summed E-state index contributed by atoms with van der Waals surface area (Å²) in [5.41, 5.74) is 4.49. The Labute approximate surface area is 245 Å². The number of carbonyl (C=O) groups is 2. The van der Waals surface area contributed by atoms with E-state index in [2.05, 4.69) is 10.6 Å². The average Bonchev–Trinajstić information content (AvgIpc) is 3.03. The standard InChI is InChI=1S/C34H32N2O6/c1-39-27-13-5-23(6-14-27)9-19-33(37)35-29-17-11-25(21-31(29)41-3)26-12-18-30(32(22-26)42-4)36-34(38)20-10-24-7-15-28(40-2)16-8-24/h5-22H,1-4H3,(H,35,37)(H,36,38). The molecule has 0 aliphatic carbocycles. The van der Waals surface area contributed by atoms with Gasteiger partial charge in [0.05, 0.1) is 39.8 Å². The summed E-state index contributed by atoms with van der Waals surface area (Å²) < 4.78 is 21.4. The largest absolute Gasteiger partial charge is 0.497 e. The van der Waals surface area contributed by atoms with E-state index in [0.717, 1.165) is 33.8 Å².